The van der Waals surface area contributed by atoms with Crippen LogP contribution in [0, 0.1) is 18.8 Å². The lowest BCUT2D eigenvalue weighted by Gasteiger charge is -2.32. The fraction of sp³-hybridized carbons (Fsp3) is 0.519. The first kappa shape index (κ1) is 25.6. The lowest BCUT2D eigenvalue weighted by atomic mass is 9.79. The molecule has 9 nitrogen and oxygen atoms in total. The standard InChI is InChI=1S/C27H36N6O3/c1-16-7-9-18(10-8-16)22(31-25(34)20-15-36-32-24(20)27(3,4)5)26(35)30-21-12-11-19(14-28-21)23-17(2)13-29-33(23)6/h11-16,18,22H,7-10H2,1-6H3,(H,31,34)(H,28,30,35)/t16-,18-,22?. The van der Waals surface area contributed by atoms with E-state index in [0.717, 1.165) is 42.5 Å². The first-order chi connectivity index (χ1) is 17.0. The van der Waals surface area contributed by atoms with Crippen LogP contribution in [0.3, 0.4) is 0 Å². The summed E-state index contributed by atoms with van der Waals surface area (Å²) in [7, 11) is 1.89. The van der Waals surface area contributed by atoms with Gasteiger partial charge in [0.25, 0.3) is 5.91 Å². The second-order valence-electron chi connectivity index (χ2n) is 11.0. The highest BCUT2D eigenvalue weighted by molar-refractivity contribution is 6.01. The van der Waals surface area contributed by atoms with Gasteiger partial charge in [0.15, 0.2) is 0 Å². The molecule has 1 saturated carbocycles. The molecule has 1 fully saturated rings. The average Bonchev–Trinajstić information content (AvgIpc) is 3.46. The first-order valence-corrected chi connectivity index (χ1v) is 12.6. The predicted molar refractivity (Wildman–Crippen MR) is 137 cm³/mol. The number of nitrogens with one attached hydrogen (secondary N) is 2. The summed E-state index contributed by atoms with van der Waals surface area (Å²) in [6.07, 6.45) is 8.70. The molecule has 1 atom stereocenters. The van der Waals surface area contributed by atoms with E-state index in [0.29, 0.717) is 23.0 Å². The van der Waals surface area contributed by atoms with Crippen molar-refractivity contribution in [1.82, 2.24) is 25.2 Å². The summed E-state index contributed by atoms with van der Waals surface area (Å²) >= 11 is 0. The highest BCUT2D eigenvalue weighted by Gasteiger charge is 2.35. The van der Waals surface area contributed by atoms with E-state index in [1.165, 1.54) is 6.26 Å². The van der Waals surface area contributed by atoms with Gasteiger partial charge in [0.05, 0.1) is 11.9 Å². The Morgan fingerprint density at radius 1 is 1.14 bits per heavy atom. The Hall–Kier alpha value is -3.49. The topological polar surface area (TPSA) is 115 Å². The van der Waals surface area contributed by atoms with E-state index in [9.17, 15) is 9.59 Å². The molecule has 192 valence electrons. The van der Waals surface area contributed by atoms with Crippen LogP contribution >= 0.6 is 0 Å². The van der Waals surface area contributed by atoms with Crippen molar-refractivity contribution < 1.29 is 14.1 Å². The number of carbonyl (C=O) groups excluding carboxylic acids is 2. The zero-order valence-corrected chi connectivity index (χ0v) is 22.0. The second-order valence-corrected chi connectivity index (χ2v) is 11.0. The monoisotopic (exact) mass is 492 g/mol. The minimum Gasteiger partial charge on any atom is -0.364 e. The lowest BCUT2D eigenvalue weighted by Crippen LogP contribution is -2.49. The number of hydrogen-bond acceptors (Lipinski definition) is 6. The van der Waals surface area contributed by atoms with Crippen molar-refractivity contribution in [3.8, 4) is 11.3 Å². The summed E-state index contributed by atoms with van der Waals surface area (Å²) in [6.45, 7) is 10.1. The van der Waals surface area contributed by atoms with Gasteiger partial charge >= 0.3 is 0 Å². The van der Waals surface area contributed by atoms with E-state index in [4.69, 9.17) is 4.52 Å². The normalized spacial score (nSPS) is 19.1. The minimum absolute atomic E-state index is 0.0412. The van der Waals surface area contributed by atoms with Crippen molar-refractivity contribution in [3.05, 3.63) is 47.6 Å². The molecule has 1 aliphatic rings. The fourth-order valence-electron chi connectivity index (χ4n) is 4.95. The van der Waals surface area contributed by atoms with Gasteiger partial charge in [0.1, 0.15) is 29.4 Å². The van der Waals surface area contributed by atoms with Gasteiger partial charge in [-0.15, -0.1) is 0 Å². The SMILES string of the molecule is Cc1cnn(C)c1-c1ccc(NC(=O)C(NC(=O)c2conc2C(C)(C)C)[C@H]2CC[C@H](C)CC2)nc1. The molecule has 3 heterocycles. The number of nitrogens with zero attached hydrogens (tertiary/aromatic N) is 4. The first-order valence-electron chi connectivity index (χ1n) is 12.6. The van der Waals surface area contributed by atoms with Crippen molar-refractivity contribution >= 4 is 17.6 Å². The van der Waals surface area contributed by atoms with Crippen LogP contribution in [0.25, 0.3) is 11.3 Å². The summed E-state index contributed by atoms with van der Waals surface area (Å²) in [5, 5.41) is 14.2. The molecule has 2 N–H and O–H groups in total. The minimum atomic E-state index is -0.687. The molecule has 3 aromatic heterocycles. The predicted octanol–water partition coefficient (Wildman–Crippen LogP) is 4.64. The van der Waals surface area contributed by atoms with E-state index in [1.54, 1.807) is 16.9 Å². The molecule has 2 amide bonds. The Morgan fingerprint density at radius 2 is 1.86 bits per heavy atom. The van der Waals surface area contributed by atoms with Crippen LogP contribution in [0.1, 0.15) is 75.0 Å². The molecule has 0 aliphatic heterocycles. The number of amides is 2. The molecular weight excluding hydrogens is 456 g/mol. The number of hydrogen-bond donors (Lipinski definition) is 2. The third-order valence-electron chi connectivity index (χ3n) is 7.04. The maximum atomic E-state index is 13.5. The van der Waals surface area contributed by atoms with Crippen LogP contribution in [0.4, 0.5) is 5.82 Å². The van der Waals surface area contributed by atoms with Crippen molar-refractivity contribution in [1.29, 1.82) is 0 Å². The zero-order valence-electron chi connectivity index (χ0n) is 22.0. The van der Waals surface area contributed by atoms with E-state index in [-0.39, 0.29) is 23.1 Å². The Labute approximate surface area is 212 Å². The van der Waals surface area contributed by atoms with E-state index < -0.39 is 6.04 Å². The summed E-state index contributed by atoms with van der Waals surface area (Å²) in [5.41, 5.74) is 3.51. The lowest BCUT2D eigenvalue weighted by molar-refractivity contribution is -0.119. The van der Waals surface area contributed by atoms with Crippen LogP contribution < -0.4 is 10.6 Å². The third kappa shape index (κ3) is 5.50. The molecule has 0 saturated heterocycles. The summed E-state index contributed by atoms with van der Waals surface area (Å²) < 4.78 is 6.92. The van der Waals surface area contributed by atoms with E-state index >= 15 is 0 Å². The summed E-state index contributed by atoms with van der Waals surface area (Å²) in [4.78, 5) is 31.2. The Balaban J connectivity index is 1.53. The molecule has 0 spiro atoms. The van der Waals surface area contributed by atoms with Crippen LogP contribution in [0.15, 0.2) is 35.3 Å². The van der Waals surface area contributed by atoms with Gasteiger partial charge in [-0.3, -0.25) is 14.3 Å². The number of aryl methyl sites for hydroxylation is 2. The number of aromatic nitrogens is 4. The second kappa shape index (κ2) is 10.2. The van der Waals surface area contributed by atoms with Crippen molar-refractivity contribution in [2.75, 3.05) is 5.32 Å². The maximum Gasteiger partial charge on any atom is 0.257 e. The van der Waals surface area contributed by atoms with Gasteiger partial charge in [-0.05, 0) is 49.3 Å². The van der Waals surface area contributed by atoms with Gasteiger partial charge in [-0.25, -0.2) is 4.98 Å². The van der Waals surface area contributed by atoms with E-state index in [2.05, 4.69) is 32.8 Å². The molecule has 1 aliphatic carbocycles. The molecule has 9 heteroatoms. The van der Waals surface area contributed by atoms with Gasteiger partial charge in [-0.2, -0.15) is 5.10 Å². The van der Waals surface area contributed by atoms with Gasteiger partial charge in [-0.1, -0.05) is 45.7 Å². The van der Waals surface area contributed by atoms with Crippen LogP contribution in [-0.4, -0.2) is 37.8 Å². The molecule has 0 aromatic carbocycles. The van der Waals surface area contributed by atoms with Crippen molar-refractivity contribution in [2.24, 2.45) is 18.9 Å². The summed E-state index contributed by atoms with van der Waals surface area (Å²) in [6, 6.07) is 3.00. The highest BCUT2D eigenvalue weighted by atomic mass is 16.5. The highest BCUT2D eigenvalue weighted by Crippen LogP contribution is 2.32. The molecule has 0 bridgehead atoms. The van der Waals surface area contributed by atoms with Gasteiger partial charge in [0.2, 0.25) is 5.91 Å². The van der Waals surface area contributed by atoms with Crippen LogP contribution in [-0.2, 0) is 17.3 Å². The van der Waals surface area contributed by atoms with Crippen molar-refractivity contribution in [2.45, 2.75) is 71.8 Å². The van der Waals surface area contributed by atoms with Crippen molar-refractivity contribution in [3.63, 3.8) is 0 Å². The number of carbonyl (C=O) groups is 2. The largest absolute Gasteiger partial charge is 0.364 e. The molecular formula is C27H36N6O3. The van der Waals surface area contributed by atoms with Crippen LogP contribution in [0.5, 0.6) is 0 Å². The van der Waals surface area contributed by atoms with Gasteiger partial charge in [0, 0.05) is 24.2 Å². The number of anilines is 1. The summed E-state index contributed by atoms with van der Waals surface area (Å²) in [5.74, 6) is 0.478. The van der Waals surface area contributed by atoms with Crippen LogP contribution in [0.2, 0.25) is 0 Å². The maximum absolute atomic E-state index is 13.5. The zero-order chi connectivity index (χ0) is 26.0. The molecule has 1 unspecified atom stereocenters. The molecule has 36 heavy (non-hydrogen) atoms. The van der Waals surface area contributed by atoms with Gasteiger partial charge < -0.3 is 15.2 Å². The van der Waals surface area contributed by atoms with E-state index in [1.807, 2.05) is 47.0 Å². The third-order valence-corrected chi connectivity index (χ3v) is 7.04. The quantitative estimate of drug-likeness (QED) is 0.518. The molecule has 4 rings (SSSR count). The molecule has 0 radical (unpaired) electrons. The Kier molecular flexibility index (Phi) is 7.28. The molecule has 3 aromatic rings. The average molecular weight is 493 g/mol. The number of pyridine rings is 1. The Morgan fingerprint density at radius 3 is 2.44 bits per heavy atom. The fourth-order valence-corrected chi connectivity index (χ4v) is 4.95. The smallest absolute Gasteiger partial charge is 0.257 e. The Bertz CT molecular complexity index is 1190. The number of rotatable bonds is 6.